The lowest BCUT2D eigenvalue weighted by Crippen LogP contribution is -2.01. The highest BCUT2D eigenvalue weighted by Crippen LogP contribution is 2.23. The molecule has 0 saturated heterocycles. The van der Waals surface area contributed by atoms with Crippen molar-refractivity contribution in [2.45, 2.75) is 6.54 Å². The molecule has 3 aromatic rings. The first-order chi connectivity index (χ1) is 8.40. The topological polar surface area (TPSA) is 76.5 Å². The van der Waals surface area contributed by atoms with Gasteiger partial charge in [0.05, 0.1) is 11.9 Å². The molecule has 3 aromatic heterocycles. The number of imidazole rings is 1. The number of carbonyl (C=O) groups is 1. The number of hydrogen-bond donors (Lipinski definition) is 1. The lowest BCUT2D eigenvalue weighted by Gasteiger charge is -1.93. The molecular weight excluding hydrogens is 218 g/mol. The average Bonchev–Trinajstić information content (AvgIpc) is 2.97. The zero-order chi connectivity index (χ0) is 11.7. The van der Waals surface area contributed by atoms with E-state index in [0.29, 0.717) is 17.2 Å². The monoisotopic (exact) mass is 227 g/mol. The standard InChI is InChI=1S/C11H9N5O/c17-7-6-16-11-8(2-1-3-14-11)9(15-16)10-12-4-5-13-10/h1-5,7H,6H2,(H,12,13). The highest BCUT2D eigenvalue weighted by molar-refractivity contribution is 5.89. The molecule has 17 heavy (non-hydrogen) atoms. The van der Waals surface area contributed by atoms with E-state index in [0.717, 1.165) is 11.7 Å². The molecule has 0 atom stereocenters. The third-order valence-electron chi connectivity index (χ3n) is 2.48. The largest absolute Gasteiger partial charge is 0.343 e. The SMILES string of the molecule is O=CCn1nc(-c2ncc[nH]2)c2cccnc21. The van der Waals surface area contributed by atoms with E-state index in [4.69, 9.17) is 0 Å². The molecule has 0 aliphatic carbocycles. The Morgan fingerprint density at radius 2 is 2.29 bits per heavy atom. The van der Waals surface area contributed by atoms with Crippen molar-refractivity contribution in [3.63, 3.8) is 0 Å². The molecule has 3 heterocycles. The van der Waals surface area contributed by atoms with Crippen molar-refractivity contribution < 1.29 is 4.79 Å². The van der Waals surface area contributed by atoms with Crippen LogP contribution in [0.3, 0.4) is 0 Å². The van der Waals surface area contributed by atoms with Crippen LogP contribution in [0.1, 0.15) is 0 Å². The molecule has 0 aromatic carbocycles. The Morgan fingerprint density at radius 1 is 1.35 bits per heavy atom. The van der Waals surface area contributed by atoms with Crippen LogP contribution in [0, 0.1) is 0 Å². The summed E-state index contributed by atoms with van der Waals surface area (Å²) in [7, 11) is 0. The van der Waals surface area contributed by atoms with Gasteiger partial charge in [-0.2, -0.15) is 5.10 Å². The summed E-state index contributed by atoms with van der Waals surface area (Å²) < 4.78 is 1.57. The van der Waals surface area contributed by atoms with E-state index in [1.807, 2.05) is 12.1 Å². The Morgan fingerprint density at radius 3 is 3.06 bits per heavy atom. The van der Waals surface area contributed by atoms with Crippen LogP contribution in [-0.2, 0) is 11.3 Å². The van der Waals surface area contributed by atoms with Crippen molar-refractivity contribution in [2.24, 2.45) is 0 Å². The van der Waals surface area contributed by atoms with Crippen molar-refractivity contribution in [2.75, 3.05) is 0 Å². The smallest absolute Gasteiger partial charge is 0.158 e. The zero-order valence-electron chi connectivity index (χ0n) is 8.87. The van der Waals surface area contributed by atoms with Gasteiger partial charge in [-0.1, -0.05) is 0 Å². The van der Waals surface area contributed by atoms with Crippen LogP contribution in [0.5, 0.6) is 0 Å². The summed E-state index contributed by atoms with van der Waals surface area (Å²) in [6.07, 6.45) is 5.87. The predicted octanol–water partition coefficient (Wildman–Crippen LogP) is 1.02. The molecule has 0 amide bonds. The van der Waals surface area contributed by atoms with Gasteiger partial charge < -0.3 is 9.78 Å². The average molecular weight is 227 g/mol. The fourth-order valence-corrected chi connectivity index (χ4v) is 1.78. The molecular formula is C11H9N5O. The summed E-state index contributed by atoms with van der Waals surface area (Å²) >= 11 is 0. The first-order valence-corrected chi connectivity index (χ1v) is 5.15. The van der Waals surface area contributed by atoms with Gasteiger partial charge in [0.2, 0.25) is 0 Å². The summed E-state index contributed by atoms with van der Waals surface area (Å²) in [5, 5.41) is 5.23. The quantitative estimate of drug-likeness (QED) is 0.678. The number of aromatic nitrogens is 5. The number of aromatic amines is 1. The van der Waals surface area contributed by atoms with E-state index in [1.54, 1.807) is 23.3 Å². The van der Waals surface area contributed by atoms with Crippen molar-refractivity contribution >= 4 is 17.3 Å². The summed E-state index contributed by atoms with van der Waals surface area (Å²) in [5.74, 6) is 0.674. The van der Waals surface area contributed by atoms with E-state index in [2.05, 4.69) is 20.1 Å². The van der Waals surface area contributed by atoms with Gasteiger partial charge in [0.1, 0.15) is 12.0 Å². The molecule has 0 radical (unpaired) electrons. The number of pyridine rings is 1. The lowest BCUT2D eigenvalue weighted by atomic mass is 10.2. The second-order valence-electron chi connectivity index (χ2n) is 3.51. The van der Waals surface area contributed by atoms with E-state index in [-0.39, 0.29) is 6.54 Å². The van der Waals surface area contributed by atoms with Gasteiger partial charge in [0.15, 0.2) is 11.5 Å². The fraction of sp³-hybridized carbons (Fsp3) is 0.0909. The number of H-pyrrole nitrogens is 1. The van der Waals surface area contributed by atoms with Gasteiger partial charge >= 0.3 is 0 Å². The van der Waals surface area contributed by atoms with E-state index >= 15 is 0 Å². The van der Waals surface area contributed by atoms with Crippen LogP contribution in [0.15, 0.2) is 30.7 Å². The molecule has 0 saturated carbocycles. The Kier molecular flexibility index (Phi) is 2.18. The van der Waals surface area contributed by atoms with Crippen molar-refractivity contribution in [3.8, 4) is 11.5 Å². The molecule has 0 unspecified atom stereocenters. The van der Waals surface area contributed by atoms with E-state index in [1.165, 1.54) is 0 Å². The maximum atomic E-state index is 10.6. The van der Waals surface area contributed by atoms with Gasteiger partial charge in [-0.25, -0.2) is 14.6 Å². The predicted molar refractivity (Wildman–Crippen MR) is 61.2 cm³/mol. The third-order valence-corrected chi connectivity index (χ3v) is 2.48. The Balaban J connectivity index is 2.28. The van der Waals surface area contributed by atoms with Crippen LogP contribution in [0.2, 0.25) is 0 Å². The molecule has 3 rings (SSSR count). The minimum atomic E-state index is 0.189. The third kappa shape index (κ3) is 1.50. The second kappa shape index (κ2) is 3.82. The summed E-state index contributed by atoms with van der Waals surface area (Å²) in [6, 6.07) is 3.75. The summed E-state index contributed by atoms with van der Waals surface area (Å²) in [6.45, 7) is 0.189. The van der Waals surface area contributed by atoms with Crippen LogP contribution in [0.4, 0.5) is 0 Å². The Labute approximate surface area is 96.3 Å². The minimum Gasteiger partial charge on any atom is -0.343 e. The molecule has 0 bridgehead atoms. The minimum absolute atomic E-state index is 0.189. The maximum absolute atomic E-state index is 10.6. The first kappa shape index (κ1) is 9.71. The van der Waals surface area contributed by atoms with Crippen LogP contribution in [-0.4, -0.2) is 31.0 Å². The molecule has 6 heteroatoms. The highest BCUT2D eigenvalue weighted by atomic mass is 16.1. The number of nitrogens with one attached hydrogen (secondary N) is 1. The zero-order valence-corrected chi connectivity index (χ0v) is 8.87. The fourth-order valence-electron chi connectivity index (χ4n) is 1.78. The van der Waals surface area contributed by atoms with E-state index < -0.39 is 0 Å². The first-order valence-electron chi connectivity index (χ1n) is 5.15. The normalized spacial score (nSPS) is 10.8. The maximum Gasteiger partial charge on any atom is 0.158 e. The Hall–Kier alpha value is -2.50. The molecule has 84 valence electrons. The van der Waals surface area contributed by atoms with E-state index in [9.17, 15) is 4.79 Å². The molecule has 0 fully saturated rings. The number of hydrogen-bond acceptors (Lipinski definition) is 4. The number of rotatable bonds is 3. The van der Waals surface area contributed by atoms with Crippen molar-refractivity contribution in [1.82, 2.24) is 24.7 Å². The molecule has 1 N–H and O–H groups in total. The highest BCUT2D eigenvalue weighted by Gasteiger charge is 2.13. The summed E-state index contributed by atoms with van der Waals surface area (Å²) in [5.41, 5.74) is 1.39. The molecule has 0 spiro atoms. The van der Waals surface area contributed by atoms with Gasteiger partial charge in [-0.05, 0) is 12.1 Å². The van der Waals surface area contributed by atoms with Crippen LogP contribution < -0.4 is 0 Å². The molecule has 0 aliphatic rings. The van der Waals surface area contributed by atoms with Gasteiger partial charge in [-0.15, -0.1) is 0 Å². The molecule has 6 nitrogen and oxygen atoms in total. The van der Waals surface area contributed by atoms with Crippen molar-refractivity contribution in [1.29, 1.82) is 0 Å². The Bertz CT molecular complexity index is 656. The summed E-state index contributed by atoms with van der Waals surface area (Å²) in [4.78, 5) is 22.0. The number of nitrogens with zero attached hydrogens (tertiary/aromatic N) is 4. The van der Waals surface area contributed by atoms with Crippen LogP contribution >= 0.6 is 0 Å². The number of fused-ring (bicyclic) bond motifs is 1. The van der Waals surface area contributed by atoms with Crippen molar-refractivity contribution in [3.05, 3.63) is 30.7 Å². The van der Waals surface area contributed by atoms with Gasteiger partial charge in [-0.3, -0.25) is 0 Å². The number of carbonyl (C=O) groups excluding carboxylic acids is 1. The van der Waals surface area contributed by atoms with Gasteiger partial charge in [0.25, 0.3) is 0 Å². The van der Waals surface area contributed by atoms with Crippen LogP contribution in [0.25, 0.3) is 22.6 Å². The van der Waals surface area contributed by atoms with Gasteiger partial charge in [0, 0.05) is 18.6 Å². The molecule has 0 aliphatic heterocycles. The lowest BCUT2D eigenvalue weighted by molar-refractivity contribution is -0.108. The number of aldehydes is 1. The second-order valence-corrected chi connectivity index (χ2v) is 3.51.